The van der Waals surface area contributed by atoms with Crippen molar-refractivity contribution in [1.29, 1.82) is 0 Å². The topological polar surface area (TPSA) is 37.0 Å². The first-order valence-electron chi connectivity index (χ1n) is 9.98. The Morgan fingerprint density at radius 1 is 0.897 bits per heavy atom. The number of benzene rings is 2. The van der Waals surface area contributed by atoms with E-state index in [9.17, 15) is 0 Å². The summed E-state index contributed by atoms with van der Waals surface area (Å²) in [4.78, 5) is 4.71. The number of rotatable bonds is 5. The first-order chi connectivity index (χ1) is 13.9. The number of thiocarbonyl (C=S) groups is 1. The van der Waals surface area contributed by atoms with Gasteiger partial charge < -0.3 is 19.7 Å². The molecule has 5 nitrogen and oxygen atoms in total. The van der Waals surface area contributed by atoms with E-state index in [-0.39, 0.29) is 0 Å². The number of hydrogen-bond donors (Lipinski definition) is 1. The molecule has 1 heterocycles. The minimum Gasteiger partial charge on any atom is -0.493 e. The Morgan fingerprint density at radius 2 is 1.55 bits per heavy atom. The van der Waals surface area contributed by atoms with E-state index in [4.69, 9.17) is 21.7 Å². The summed E-state index contributed by atoms with van der Waals surface area (Å²) in [5.41, 5.74) is 6.11. The number of nitrogens with zero attached hydrogens (tertiary/aromatic N) is 2. The fraction of sp³-hybridized carbons (Fsp3) is 0.435. The minimum absolute atomic E-state index is 0.779. The summed E-state index contributed by atoms with van der Waals surface area (Å²) >= 11 is 5.65. The van der Waals surface area contributed by atoms with Crippen molar-refractivity contribution in [1.82, 2.24) is 9.80 Å². The Bertz CT molecular complexity index is 877. The van der Waals surface area contributed by atoms with Gasteiger partial charge in [-0.25, -0.2) is 0 Å². The van der Waals surface area contributed by atoms with Gasteiger partial charge in [0.05, 0.1) is 14.2 Å². The standard InChI is InChI=1S/C23H31N3O2S/c1-16-6-7-20(12-17(16)2)24-23(29)26-10-8-25(9-11-26)15-19-14-22(28-5)21(27-4)13-18(19)3/h6-7,12-14H,8-11,15H2,1-5H3,(H,24,29). The molecule has 3 rings (SSSR count). The van der Waals surface area contributed by atoms with Gasteiger partial charge in [-0.2, -0.15) is 0 Å². The molecule has 0 aliphatic carbocycles. The Morgan fingerprint density at radius 3 is 2.17 bits per heavy atom. The highest BCUT2D eigenvalue weighted by Gasteiger charge is 2.20. The summed E-state index contributed by atoms with van der Waals surface area (Å²) in [5.74, 6) is 1.56. The van der Waals surface area contributed by atoms with Crippen LogP contribution in [0.25, 0.3) is 0 Å². The van der Waals surface area contributed by atoms with E-state index in [2.05, 4.69) is 60.2 Å². The minimum atomic E-state index is 0.779. The number of methoxy groups -OCH3 is 2. The summed E-state index contributed by atoms with van der Waals surface area (Å²) < 4.78 is 10.9. The van der Waals surface area contributed by atoms with E-state index in [1.807, 2.05) is 6.07 Å². The van der Waals surface area contributed by atoms with E-state index < -0.39 is 0 Å². The SMILES string of the molecule is COc1cc(C)c(CN2CCN(C(=S)Nc3ccc(C)c(C)c3)CC2)cc1OC. The molecule has 1 fully saturated rings. The molecular formula is C23H31N3O2S. The van der Waals surface area contributed by atoms with Crippen molar-refractivity contribution < 1.29 is 9.47 Å². The third kappa shape index (κ3) is 5.19. The van der Waals surface area contributed by atoms with Crippen LogP contribution in [-0.4, -0.2) is 55.3 Å². The van der Waals surface area contributed by atoms with Gasteiger partial charge >= 0.3 is 0 Å². The van der Waals surface area contributed by atoms with Crippen molar-refractivity contribution >= 4 is 23.0 Å². The average Bonchev–Trinajstić information content (AvgIpc) is 2.72. The molecule has 6 heteroatoms. The second-order valence-electron chi connectivity index (χ2n) is 7.63. The molecule has 1 aliphatic rings. The first kappa shape index (κ1) is 21.4. The molecule has 156 valence electrons. The lowest BCUT2D eigenvalue weighted by molar-refractivity contribution is 0.176. The van der Waals surface area contributed by atoms with E-state index in [0.717, 1.165) is 55.0 Å². The zero-order valence-electron chi connectivity index (χ0n) is 18.0. The van der Waals surface area contributed by atoms with Crippen molar-refractivity contribution in [2.24, 2.45) is 0 Å². The molecule has 2 aromatic rings. The fourth-order valence-electron chi connectivity index (χ4n) is 3.56. The van der Waals surface area contributed by atoms with Crippen molar-refractivity contribution in [3.8, 4) is 11.5 Å². The molecule has 0 aromatic heterocycles. The Kier molecular flexibility index (Phi) is 6.98. The zero-order valence-corrected chi connectivity index (χ0v) is 18.9. The summed E-state index contributed by atoms with van der Waals surface area (Å²) in [7, 11) is 3.35. The lowest BCUT2D eigenvalue weighted by Gasteiger charge is -2.36. The van der Waals surface area contributed by atoms with Crippen LogP contribution in [-0.2, 0) is 6.54 Å². The van der Waals surface area contributed by atoms with Crippen LogP contribution in [0.2, 0.25) is 0 Å². The average molecular weight is 414 g/mol. The van der Waals surface area contributed by atoms with Gasteiger partial charge in [0.1, 0.15) is 0 Å². The summed E-state index contributed by atoms with van der Waals surface area (Å²) in [6.07, 6.45) is 0. The molecule has 0 bridgehead atoms. The lowest BCUT2D eigenvalue weighted by atomic mass is 10.1. The van der Waals surface area contributed by atoms with Gasteiger partial charge in [0.25, 0.3) is 0 Å². The van der Waals surface area contributed by atoms with E-state index in [1.54, 1.807) is 14.2 Å². The maximum absolute atomic E-state index is 5.65. The highest BCUT2D eigenvalue weighted by molar-refractivity contribution is 7.80. The Labute approximate surface area is 179 Å². The van der Waals surface area contributed by atoms with Gasteiger partial charge in [-0.1, -0.05) is 6.07 Å². The molecule has 1 aliphatic heterocycles. The number of ether oxygens (including phenoxy) is 2. The van der Waals surface area contributed by atoms with E-state index in [1.165, 1.54) is 22.3 Å². The van der Waals surface area contributed by atoms with Gasteiger partial charge in [0.2, 0.25) is 0 Å². The maximum atomic E-state index is 5.65. The van der Waals surface area contributed by atoms with Crippen LogP contribution in [0.1, 0.15) is 22.3 Å². The molecule has 29 heavy (non-hydrogen) atoms. The predicted octanol–water partition coefficient (Wildman–Crippen LogP) is 4.14. The number of aryl methyl sites for hydroxylation is 3. The number of nitrogens with one attached hydrogen (secondary N) is 1. The molecule has 0 atom stereocenters. The fourth-order valence-corrected chi connectivity index (χ4v) is 3.87. The predicted molar refractivity (Wildman–Crippen MR) is 123 cm³/mol. The third-order valence-electron chi connectivity index (χ3n) is 5.65. The van der Waals surface area contributed by atoms with Crippen LogP contribution in [0, 0.1) is 20.8 Å². The van der Waals surface area contributed by atoms with Gasteiger partial charge in [-0.15, -0.1) is 0 Å². The molecule has 0 spiro atoms. The molecule has 2 aromatic carbocycles. The molecular weight excluding hydrogens is 382 g/mol. The zero-order chi connectivity index (χ0) is 21.0. The van der Waals surface area contributed by atoms with Crippen LogP contribution in [0.5, 0.6) is 11.5 Å². The van der Waals surface area contributed by atoms with Gasteiger partial charge in [-0.05, 0) is 79.5 Å². The Balaban J connectivity index is 1.56. The Hall–Kier alpha value is -2.31. The largest absolute Gasteiger partial charge is 0.493 e. The van der Waals surface area contributed by atoms with Crippen LogP contribution in [0.15, 0.2) is 30.3 Å². The molecule has 0 saturated carbocycles. The van der Waals surface area contributed by atoms with Crippen LogP contribution in [0.4, 0.5) is 5.69 Å². The van der Waals surface area contributed by atoms with Crippen molar-refractivity contribution in [3.63, 3.8) is 0 Å². The first-order valence-corrected chi connectivity index (χ1v) is 10.4. The highest BCUT2D eigenvalue weighted by atomic mass is 32.1. The molecule has 1 N–H and O–H groups in total. The van der Waals surface area contributed by atoms with Crippen LogP contribution in [0.3, 0.4) is 0 Å². The van der Waals surface area contributed by atoms with E-state index in [0.29, 0.717) is 0 Å². The van der Waals surface area contributed by atoms with Gasteiger partial charge in [0, 0.05) is 38.4 Å². The van der Waals surface area contributed by atoms with Gasteiger partial charge in [0.15, 0.2) is 16.6 Å². The summed E-state index contributed by atoms with van der Waals surface area (Å²) in [6.45, 7) is 11.1. The molecule has 0 amide bonds. The molecule has 1 saturated heterocycles. The third-order valence-corrected chi connectivity index (χ3v) is 6.01. The second-order valence-corrected chi connectivity index (χ2v) is 8.01. The monoisotopic (exact) mass is 413 g/mol. The number of hydrogen-bond acceptors (Lipinski definition) is 4. The smallest absolute Gasteiger partial charge is 0.173 e. The van der Waals surface area contributed by atoms with Crippen molar-refractivity contribution in [2.45, 2.75) is 27.3 Å². The molecule has 0 radical (unpaired) electrons. The summed E-state index contributed by atoms with van der Waals surface area (Å²) in [5, 5.41) is 4.19. The maximum Gasteiger partial charge on any atom is 0.173 e. The number of piperazine rings is 1. The lowest BCUT2D eigenvalue weighted by Crippen LogP contribution is -2.49. The quantitative estimate of drug-likeness (QED) is 0.743. The van der Waals surface area contributed by atoms with Crippen LogP contribution >= 0.6 is 12.2 Å². The van der Waals surface area contributed by atoms with Crippen LogP contribution < -0.4 is 14.8 Å². The second kappa shape index (κ2) is 9.46. The summed E-state index contributed by atoms with van der Waals surface area (Å²) in [6, 6.07) is 10.5. The highest BCUT2D eigenvalue weighted by Crippen LogP contribution is 2.31. The number of anilines is 1. The van der Waals surface area contributed by atoms with Crippen molar-refractivity contribution in [3.05, 3.63) is 52.6 Å². The van der Waals surface area contributed by atoms with E-state index >= 15 is 0 Å². The van der Waals surface area contributed by atoms with Gasteiger partial charge in [-0.3, -0.25) is 4.90 Å². The normalized spacial score (nSPS) is 14.6. The van der Waals surface area contributed by atoms with Crippen molar-refractivity contribution in [2.75, 3.05) is 45.7 Å². The molecule has 0 unspecified atom stereocenters.